The van der Waals surface area contributed by atoms with Crippen molar-refractivity contribution in [2.45, 2.75) is 13.5 Å². The average molecular weight is 328 g/mol. The topological polar surface area (TPSA) is 89.9 Å². The van der Waals surface area contributed by atoms with E-state index in [2.05, 4.69) is 4.74 Å². The van der Waals surface area contributed by atoms with Gasteiger partial charge in [-0.2, -0.15) is 0 Å². The maximum atomic E-state index is 11.8. The number of hydrogen-bond acceptors (Lipinski definition) is 5. The molecule has 2 rings (SSSR count). The highest BCUT2D eigenvalue weighted by atomic mass is 16.5. The first kappa shape index (κ1) is 17.2. The predicted octanol–water partition coefficient (Wildman–Crippen LogP) is 2.95. The first-order valence-electron chi connectivity index (χ1n) is 7.11. The van der Waals surface area contributed by atoms with Crippen molar-refractivity contribution in [1.29, 1.82) is 0 Å². The Morgan fingerprint density at radius 1 is 1.00 bits per heavy atom. The van der Waals surface area contributed by atoms with Gasteiger partial charge in [-0.1, -0.05) is 18.2 Å². The average Bonchev–Trinajstić information content (AvgIpc) is 2.59. The Hall–Kier alpha value is -3.15. The molecule has 0 heterocycles. The van der Waals surface area contributed by atoms with Crippen molar-refractivity contribution in [2.24, 2.45) is 0 Å². The number of carbonyl (C=O) groups is 3. The molecule has 0 aromatic heterocycles. The van der Waals surface area contributed by atoms with Crippen molar-refractivity contribution in [3.05, 3.63) is 64.7 Å². The number of benzene rings is 2. The van der Waals surface area contributed by atoms with Crippen LogP contribution in [0.3, 0.4) is 0 Å². The maximum absolute atomic E-state index is 11.8. The summed E-state index contributed by atoms with van der Waals surface area (Å²) in [4.78, 5) is 34.6. The second-order valence-corrected chi connectivity index (χ2v) is 5.01. The largest absolute Gasteiger partial charge is 0.489 e. The number of hydrogen-bond donors (Lipinski definition) is 1. The van der Waals surface area contributed by atoms with Gasteiger partial charge in [0.15, 0.2) is 5.78 Å². The lowest BCUT2D eigenvalue weighted by atomic mass is 10.0. The van der Waals surface area contributed by atoms with Gasteiger partial charge < -0.3 is 14.6 Å². The summed E-state index contributed by atoms with van der Waals surface area (Å²) in [6.07, 6.45) is 0. The molecule has 0 atom stereocenters. The highest BCUT2D eigenvalue weighted by Gasteiger charge is 2.17. The molecule has 0 aliphatic carbocycles. The highest BCUT2D eigenvalue weighted by molar-refractivity contribution is 6.05. The number of esters is 1. The molecular formula is C18H16O6. The number of rotatable bonds is 6. The summed E-state index contributed by atoms with van der Waals surface area (Å²) in [6, 6.07) is 10.9. The molecular weight excluding hydrogens is 312 g/mol. The summed E-state index contributed by atoms with van der Waals surface area (Å²) in [5.74, 6) is -1.62. The third kappa shape index (κ3) is 3.78. The van der Waals surface area contributed by atoms with Gasteiger partial charge in [0.25, 0.3) is 0 Å². The highest BCUT2D eigenvalue weighted by Crippen LogP contribution is 2.21. The molecule has 0 bridgehead atoms. The summed E-state index contributed by atoms with van der Waals surface area (Å²) >= 11 is 0. The van der Waals surface area contributed by atoms with Crippen molar-refractivity contribution in [1.82, 2.24) is 0 Å². The lowest BCUT2D eigenvalue weighted by Gasteiger charge is -2.11. The zero-order chi connectivity index (χ0) is 17.7. The molecule has 6 heteroatoms. The number of ether oxygens (including phenoxy) is 2. The molecule has 0 unspecified atom stereocenters. The van der Waals surface area contributed by atoms with Crippen molar-refractivity contribution in [3.63, 3.8) is 0 Å². The maximum Gasteiger partial charge on any atom is 0.338 e. The van der Waals surface area contributed by atoms with E-state index in [-0.39, 0.29) is 29.1 Å². The van der Waals surface area contributed by atoms with Gasteiger partial charge in [0.05, 0.1) is 18.2 Å². The number of carboxylic acids is 1. The molecule has 0 aliphatic rings. The van der Waals surface area contributed by atoms with E-state index in [1.807, 2.05) is 0 Å². The van der Waals surface area contributed by atoms with Crippen LogP contribution in [0.2, 0.25) is 0 Å². The molecule has 2 aromatic rings. The van der Waals surface area contributed by atoms with Crippen LogP contribution in [0.25, 0.3) is 0 Å². The monoisotopic (exact) mass is 328 g/mol. The van der Waals surface area contributed by atoms with Gasteiger partial charge in [-0.05, 0) is 31.2 Å². The quantitative estimate of drug-likeness (QED) is 0.648. The van der Waals surface area contributed by atoms with Gasteiger partial charge >= 0.3 is 11.9 Å². The zero-order valence-electron chi connectivity index (χ0n) is 13.2. The zero-order valence-corrected chi connectivity index (χ0v) is 13.2. The fraction of sp³-hybridized carbons (Fsp3) is 0.167. The van der Waals surface area contributed by atoms with Crippen molar-refractivity contribution in [3.8, 4) is 5.75 Å². The number of carbonyl (C=O) groups excluding carboxylic acids is 2. The molecule has 0 spiro atoms. The van der Waals surface area contributed by atoms with Crippen LogP contribution in [0.15, 0.2) is 42.5 Å². The first-order chi connectivity index (χ1) is 11.4. The minimum atomic E-state index is -1.05. The predicted molar refractivity (Wildman–Crippen MR) is 85.5 cm³/mol. The van der Waals surface area contributed by atoms with Crippen LogP contribution in [0.4, 0.5) is 0 Å². The molecule has 0 amide bonds. The molecule has 6 nitrogen and oxygen atoms in total. The van der Waals surface area contributed by atoms with Gasteiger partial charge in [0.2, 0.25) is 0 Å². The Morgan fingerprint density at radius 2 is 1.71 bits per heavy atom. The number of aromatic carboxylic acids is 1. The first-order valence-corrected chi connectivity index (χ1v) is 7.11. The van der Waals surface area contributed by atoms with Crippen molar-refractivity contribution >= 4 is 17.7 Å². The summed E-state index contributed by atoms with van der Waals surface area (Å²) in [6.45, 7) is 1.37. The molecule has 0 radical (unpaired) electrons. The molecule has 24 heavy (non-hydrogen) atoms. The van der Waals surface area contributed by atoms with E-state index >= 15 is 0 Å². The Bertz CT molecular complexity index is 794. The lowest BCUT2D eigenvalue weighted by molar-refractivity contribution is 0.0596. The third-order valence-electron chi connectivity index (χ3n) is 3.42. The summed E-state index contributed by atoms with van der Waals surface area (Å²) < 4.78 is 10.2. The smallest absolute Gasteiger partial charge is 0.338 e. The Morgan fingerprint density at radius 3 is 2.33 bits per heavy atom. The van der Waals surface area contributed by atoms with E-state index in [1.165, 1.54) is 32.2 Å². The second-order valence-electron chi connectivity index (χ2n) is 5.01. The molecule has 1 N–H and O–H groups in total. The van der Waals surface area contributed by atoms with Crippen molar-refractivity contribution < 1.29 is 29.0 Å². The Labute approximate surface area is 138 Å². The normalized spacial score (nSPS) is 10.1. The summed E-state index contributed by atoms with van der Waals surface area (Å²) in [5, 5.41) is 9.15. The Balaban J connectivity index is 2.27. The standard InChI is InChI=1S/C18H16O6/c1-11(19)14-8-7-13(9-16(14)18(22)23-2)24-10-12-5-3-4-6-15(12)17(20)21/h3-9H,10H2,1-2H3,(H,20,21). The van der Waals surface area contributed by atoms with Crippen LogP contribution >= 0.6 is 0 Å². The Kier molecular flexibility index (Phi) is 5.31. The van der Waals surface area contributed by atoms with E-state index in [4.69, 9.17) is 9.84 Å². The van der Waals surface area contributed by atoms with Crippen LogP contribution in [0, 0.1) is 0 Å². The van der Waals surface area contributed by atoms with Crippen LogP contribution in [-0.4, -0.2) is 29.9 Å². The van der Waals surface area contributed by atoms with Gasteiger partial charge in [0.1, 0.15) is 12.4 Å². The van der Waals surface area contributed by atoms with E-state index in [1.54, 1.807) is 24.3 Å². The van der Waals surface area contributed by atoms with E-state index in [9.17, 15) is 14.4 Å². The van der Waals surface area contributed by atoms with Gasteiger partial charge in [-0.25, -0.2) is 9.59 Å². The van der Waals surface area contributed by atoms with Crippen LogP contribution in [-0.2, 0) is 11.3 Å². The number of ketones is 1. The number of methoxy groups -OCH3 is 1. The SMILES string of the molecule is COC(=O)c1cc(OCc2ccccc2C(=O)O)ccc1C(C)=O. The van der Waals surface area contributed by atoms with E-state index in [0.29, 0.717) is 11.3 Å². The fourth-order valence-electron chi connectivity index (χ4n) is 2.21. The van der Waals surface area contributed by atoms with Gasteiger partial charge in [0, 0.05) is 11.1 Å². The van der Waals surface area contributed by atoms with E-state index in [0.717, 1.165) is 0 Å². The fourth-order valence-corrected chi connectivity index (χ4v) is 2.21. The summed E-state index contributed by atoms with van der Waals surface area (Å²) in [7, 11) is 1.23. The number of carboxylic acid groups (broad SMARTS) is 1. The van der Waals surface area contributed by atoms with E-state index < -0.39 is 11.9 Å². The van der Waals surface area contributed by atoms with Crippen LogP contribution in [0.1, 0.15) is 43.6 Å². The summed E-state index contributed by atoms with van der Waals surface area (Å²) in [5.41, 5.74) is 0.987. The van der Waals surface area contributed by atoms with Crippen molar-refractivity contribution in [2.75, 3.05) is 7.11 Å². The lowest BCUT2D eigenvalue weighted by Crippen LogP contribution is -2.10. The molecule has 2 aromatic carbocycles. The van der Waals surface area contributed by atoms with Crippen LogP contribution in [0.5, 0.6) is 5.75 Å². The molecule has 0 saturated heterocycles. The minimum Gasteiger partial charge on any atom is -0.489 e. The van der Waals surface area contributed by atoms with Gasteiger partial charge in [-0.15, -0.1) is 0 Å². The second kappa shape index (κ2) is 7.41. The molecule has 0 saturated carbocycles. The molecule has 0 fully saturated rings. The van der Waals surface area contributed by atoms with Gasteiger partial charge in [-0.3, -0.25) is 4.79 Å². The van der Waals surface area contributed by atoms with Crippen LogP contribution < -0.4 is 4.74 Å². The molecule has 0 aliphatic heterocycles. The minimum absolute atomic E-state index is 0.0164. The third-order valence-corrected chi connectivity index (χ3v) is 3.42. The number of Topliss-reactive ketones (excluding diaryl/α,β-unsaturated/α-hetero) is 1. The molecule has 124 valence electrons.